The predicted octanol–water partition coefficient (Wildman–Crippen LogP) is 3.66. The Morgan fingerprint density at radius 2 is 2.00 bits per heavy atom. The van der Waals surface area contributed by atoms with Gasteiger partial charge < -0.3 is 19.5 Å². The first-order valence-electron chi connectivity index (χ1n) is 9.47. The van der Waals surface area contributed by atoms with E-state index >= 15 is 0 Å². The molecule has 0 aliphatic carbocycles. The fourth-order valence-corrected chi connectivity index (χ4v) is 4.94. The number of nitrogens with zero attached hydrogens (tertiary/aromatic N) is 4. The minimum Gasteiger partial charge on any atom is -0.465 e. The van der Waals surface area contributed by atoms with Crippen molar-refractivity contribution in [1.82, 2.24) is 14.9 Å². The maximum Gasteiger partial charge on any atom is 0.421 e. The summed E-state index contributed by atoms with van der Waals surface area (Å²) < 4.78 is 46.6. The third kappa shape index (κ3) is 2.96. The first kappa shape index (κ1) is 20.1. The number of anilines is 1. The molecule has 31 heavy (non-hydrogen) atoms. The molecular formula is C19H17F3N4O4S. The van der Waals surface area contributed by atoms with E-state index in [0.717, 1.165) is 6.42 Å². The second-order valence-corrected chi connectivity index (χ2v) is 8.77. The standard InChI is InChI=1S/C19H17F3N4O4S/c1-18(29,19(20,21)22)12-3-2-11(15-23-4-5-31-15)14-13(12)24-16(30-14)25-7-9-6-10(8-25)26(9)17(27)28/h2-5,9-10,29H,6-8H2,1H3,(H,27,28). The summed E-state index contributed by atoms with van der Waals surface area (Å²) in [6.45, 7) is 1.33. The van der Waals surface area contributed by atoms with Gasteiger partial charge in [0.15, 0.2) is 11.2 Å². The lowest BCUT2D eigenvalue weighted by Crippen LogP contribution is -2.70. The Morgan fingerprint density at radius 3 is 2.58 bits per heavy atom. The monoisotopic (exact) mass is 454 g/mol. The fourth-order valence-electron chi connectivity index (χ4n) is 4.28. The summed E-state index contributed by atoms with van der Waals surface area (Å²) in [6, 6.07) is 2.28. The van der Waals surface area contributed by atoms with Crippen molar-refractivity contribution in [3.8, 4) is 10.6 Å². The van der Waals surface area contributed by atoms with Crippen molar-refractivity contribution >= 4 is 34.5 Å². The smallest absolute Gasteiger partial charge is 0.421 e. The quantitative estimate of drug-likeness (QED) is 0.623. The predicted molar refractivity (Wildman–Crippen MR) is 105 cm³/mol. The minimum atomic E-state index is -4.92. The summed E-state index contributed by atoms with van der Waals surface area (Å²) in [5.74, 6) is 0. The Balaban J connectivity index is 1.61. The number of carboxylic acid groups (broad SMARTS) is 1. The van der Waals surface area contributed by atoms with Crippen molar-refractivity contribution < 1.29 is 32.6 Å². The third-order valence-corrected chi connectivity index (χ3v) is 6.76. The van der Waals surface area contributed by atoms with Crippen LogP contribution in [0, 0.1) is 0 Å². The van der Waals surface area contributed by atoms with Crippen molar-refractivity contribution in [1.29, 1.82) is 0 Å². The largest absolute Gasteiger partial charge is 0.465 e. The average molecular weight is 454 g/mol. The second kappa shape index (κ2) is 6.57. The number of benzene rings is 1. The molecular weight excluding hydrogens is 437 g/mol. The molecule has 0 spiro atoms. The Kier molecular flexibility index (Phi) is 4.25. The zero-order valence-electron chi connectivity index (χ0n) is 16.1. The van der Waals surface area contributed by atoms with E-state index < -0.39 is 23.4 Å². The summed E-state index contributed by atoms with van der Waals surface area (Å²) in [6.07, 6.45) is -3.62. The number of piperidine rings is 1. The van der Waals surface area contributed by atoms with Gasteiger partial charge in [-0.25, -0.2) is 9.78 Å². The summed E-state index contributed by atoms with van der Waals surface area (Å²) >= 11 is 1.30. The van der Waals surface area contributed by atoms with Gasteiger partial charge in [0.25, 0.3) is 6.01 Å². The zero-order valence-corrected chi connectivity index (χ0v) is 16.9. The molecule has 1 aromatic carbocycles. The van der Waals surface area contributed by atoms with Crippen LogP contribution < -0.4 is 4.90 Å². The molecule has 12 heteroatoms. The maximum absolute atomic E-state index is 13.6. The molecule has 5 heterocycles. The molecule has 164 valence electrons. The molecule has 3 aliphatic heterocycles. The number of carbonyl (C=O) groups is 1. The van der Waals surface area contributed by atoms with Crippen molar-refractivity contribution in [3.63, 3.8) is 0 Å². The van der Waals surface area contributed by atoms with Crippen molar-refractivity contribution in [2.75, 3.05) is 18.0 Å². The molecule has 3 unspecified atom stereocenters. The molecule has 0 radical (unpaired) electrons. The molecule has 0 saturated carbocycles. The van der Waals surface area contributed by atoms with Gasteiger partial charge in [0.2, 0.25) is 0 Å². The topological polar surface area (TPSA) is 103 Å². The normalized spacial score (nSPS) is 23.0. The first-order valence-corrected chi connectivity index (χ1v) is 10.3. The van der Waals surface area contributed by atoms with Crippen LogP contribution in [0.2, 0.25) is 0 Å². The highest BCUT2D eigenvalue weighted by Gasteiger charge is 2.53. The maximum atomic E-state index is 13.6. The Labute approximate surface area is 177 Å². The van der Waals surface area contributed by atoms with Gasteiger partial charge in [-0.3, -0.25) is 4.90 Å². The van der Waals surface area contributed by atoms with E-state index in [2.05, 4.69) is 9.97 Å². The van der Waals surface area contributed by atoms with Gasteiger partial charge in [0, 0.05) is 30.2 Å². The van der Waals surface area contributed by atoms with Gasteiger partial charge in [0.05, 0.1) is 17.6 Å². The highest BCUT2D eigenvalue weighted by Crippen LogP contribution is 2.45. The van der Waals surface area contributed by atoms with Gasteiger partial charge in [0.1, 0.15) is 10.5 Å². The molecule has 2 bridgehead atoms. The van der Waals surface area contributed by atoms with Gasteiger partial charge in [-0.1, -0.05) is 6.07 Å². The molecule has 6 rings (SSSR count). The number of rotatable bonds is 3. The molecule has 2 N–H and O–H groups in total. The van der Waals surface area contributed by atoms with Gasteiger partial charge in [-0.2, -0.15) is 18.2 Å². The molecule has 3 saturated heterocycles. The molecule has 2 aromatic heterocycles. The van der Waals surface area contributed by atoms with Crippen molar-refractivity contribution in [2.24, 2.45) is 0 Å². The number of oxazole rings is 1. The SMILES string of the molecule is CC(O)(c1ccc(-c2nccs2)c2oc(N3CC4CC(C3)N4C(=O)O)nc12)C(F)(F)F. The number of thiazole rings is 1. The van der Waals surface area contributed by atoms with E-state index in [4.69, 9.17) is 4.42 Å². The van der Waals surface area contributed by atoms with Crippen LogP contribution in [0.3, 0.4) is 0 Å². The van der Waals surface area contributed by atoms with Crippen LogP contribution in [0.25, 0.3) is 21.7 Å². The van der Waals surface area contributed by atoms with E-state index in [-0.39, 0.29) is 29.2 Å². The highest BCUT2D eigenvalue weighted by atomic mass is 32.1. The van der Waals surface area contributed by atoms with Crippen LogP contribution in [0.15, 0.2) is 28.1 Å². The van der Waals surface area contributed by atoms with Gasteiger partial charge in [-0.05, 0) is 19.4 Å². The summed E-state index contributed by atoms with van der Waals surface area (Å²) in [5, 5.41) is 21.9. The Morgan fingerprint density at radius 1 is 1.29 bits per heavy atom. The number of amides is 1. The number of aromatic nitrogens is 2. The summed E-state index contributed by atoms with van der Waals surface area (Å²) in [4.78, 5) is 23.0. The molecule has 1 amide bonds. The number of piperazine rings is 1. The van der Waals surface area contributed by atoms with Crippen LogP contribution in [-0.2, 0) is 5.60 Å². The number of hydrogen-bond acceptors (Lipinski definition) is 7. The highest BCUT2D eigenvalue weighted by molar-refractivity contribution is 7.13. The van der Waals surface area contributed by atoms with Crippen molar-refractivity contribution in [3.05, 3.63) is 29.3 Å². The lowest BCUT2D eigenvalue weighted by Gasteiger charge is -2.54. The molecule has 3 aliphatic rings. The van der Waals surface area contributed by atoms with E-state index in [1.54, 1.807) is 16.5 Å². The van der Waals surface area contributed by atoms with E-state index in [9.17, 15) is 28.2 Å². The Bertz CT molecular complexity index is 1150. The number of hydrogen-bond donors (Lipinski definition) is 2. The summed E-state index contributed by atoms with van der Waals surface area (Å²) in [5.41, 5.74) is -3.08. The molecule has 8 nitrogen and oxygen atoms in total. The van der Waals surface area contributed by atoms with Crippen LogP contribution in [-0.4, -0.2) is 62.5 Å². The van der Waals surface area contributed by atoms with Crippen LogP contribution in [0.5, 0.6) is 0 Å². The van der Waals surface area contributed by atoms with Crippen LogP contribution in [0.4, 0.5) is 24.0 Å². The first-order chi connectivity index (χ1) is 14.6. The number of aliphatic hydroxyl groups is 1. The minimum absolute atomic E-state index is 0.0953. The van der Waals surface area contributed by atoms with E-state index in [1.165, 1.54) is 28.4 Å². The lowest BCUT2D eigenvalue weighted by atomic mass is 9.88. The molecule has 3 fully saturated rings. The fraction of sp³-hybridized carbons (Fsp3) is 0.421. The molecule has 3 aromatic rings. The van der Waals surface area contributed by atoms with Crippen LogP contribution in [0.1, 0.15) is 18.9 Å². The van der Waals surface area contributed by atoms with Gasteiger partial charge in [-0.15, -0.1) is 11.3 Å². The third-order valence-electron chi connectivity index (χ3n) is 5.96. The average Bonchev–Trinajstić information content (AvgIpc) is 3.36. The van der Waals surface area contributed by atoms with Gasteiger partial charge >= 0.3 is 12.3 Å². The van der Waals surface area contributed by atoms with Crippen LogP contribution >= 0.6 is 11.3 Å². The Hall–Kier alpha value is -2.86. The van der Waals surface area contributed by atoms with Crippen molar-refractivity contribution in [2.45, 2.75) is 37.2 Å². The summed E-state index contributed by atoms with van der Waals surface area (Å²) in [7, 11) is 0. The lowest BCUT2D eigenvalue weighted by molar-refractivity contribution is -0.258. The van der Waals surface area contributed by atoms with E-state index in [1.807, 2.05) is 0 Å². The zero-order chi connectivity index (χ0) is 22.1. The molecule has 3 atom stereocenters. The number of fused-ring (bicyclic) bond motifs is 3. The second-order valence-electron chi connectivity index (χ2n) is 7.88. The number of halogens is 3. The van der Waals surface area contributed by atoms with E-state index in [0.29, 0.717) is 30.6 Å². The number of alkyl halides is 3.